The van der Waals surface area contributed by atoms with Crippen molar-refractivity contribution in [3.8, 4) is 11.5 Å². The Morgan fingerprint density at radius 1 is 1.17 bits per heavy atom. The minimum Gasteiger partial charge on any atom is -0.493 e. The smallest absolute Gasteiger partial charge is 0.161 e. The van der Waals surface area contributed by atoms with Gasteiger partial charge in [-0.3, -0.25) is 0 Å². The summed E-state index contributed by atoms with van der Waals surface area (Å²) in [5.74, 6) is 1.50. The summed E-state index contributed by atoms with van der Waals surface area (Å²) in [6, 6.07) is 5.75. The molecule has 1 aromatic rings. The van der Waals surface area contributed by atoms with Gasteiger partial charge < -0.3 is 9.47 Å². The lowest BCUT2D eigenvalue weighted by atomic mass is 10.3. The third-order valence-electron chi connectivity index (χ3n) is 1.44. The zero-order valence-corrected chi connectivity index (χ0v) is 9.24. The molecule has 0 aromatic heterocycles. The van der Waals surface area contributed by atoms with Gasteiger partial charge >= 0.3 is 0 Å². The quantitative estimate of drug-likeness (QED) is 0.820. The number of halogens is 1. The van der Waals surface area contributed by atoms with Gasteiger partial charge in [0.05, 0.1) is 14.2 Å². The second-order valence-corrected chi connectivity index (χ2v) is 3.69. The molecular weight excluding hydrogens is 240 g/mol. The summed E-state index contributed by atoms with van der Waals surface area (Å²) in [6.45, 7) is 0. The topological polar surface area (TPSA) is 18.5 Å². The van der Waals surface area contributed by atoms with Crippen LogP contribution >= 0.6 is 25.0 Å². The molecule has 12 heavy (non-hydrogen) atoms. The molecular formula is C8H9BrO2S. The molecule has 1 rings (SSSR count). The average Bonchev–Trinajstić information content (AvgIpc) is 2.16. The largest absolute Gasteiger partial charge is 0.493 e. The first-order chi connectivity index (χ1) is 5.81. The zero-order chi connectivity index (χ0) is 8.97. The van der Waals surface area contributed by atoms with Crippen molar-refractivity contribution in [2.24, 2.45) is 0 Å². The fourth-order valence-corrected chi connectivity index (χ4v) is 1.74. The Bertz CT molecular complexity index is 265. The van der Waals surface area contributed by atoms with E-state index in [0.29, 0.717) is 0 Å². The van der Waals surface area contributed by atoms with Gasteiger partial charge in [-0.05, 0) is 43.2 Å². The van der Waals surface area contributed by atoms with E-state index >= 15 is 0 Å². The molecule has 0 radical (unpaired) electrons. The molecule has 0 aliphatic heterocycles. The van der Waals surface area contributed by atoms with Crippen LogP contribution in [0.15, 0.2) is 23.1 Å². The van der Waals surface area contributed by atoms with Crippen LogP contribution in [0.2, 0.25) is 0 Å². The van der Waals surface area contributed by atoms with E-state index in [1.54, 1.807) is 14.2 Å². The Hall–Kier alpha value is -0.350. The second-order valence-electron chi connectivity index (χ2n) is 2.09. The summed E-state index contributed by atoms with van der Waals surface area (Å²) in [7, 11) is 4.74. The van der Waals surface area contributed by atoms with Gasteiger partial charge in [0.1, 0.15) is 0 Å². The highest BCUT2D eigenvalue weighted by atomic mass is 79.9. The van der Waals surface area contributed by atoms with E-state index in [2.05, 4.69) is 14.8 Å². The minimum atomic E-state index is 0.752. The molecule has 0 unspecified atom stereocenters. The molecule has 0 aliphatic rings. The van der Waals surface area contributed by atoms with Crippen molar-refractivity contribution in [3.63, 3.8) is 0 Å². The van der Waals surface area contributed by atoms with Crippen LogP contribution in [0, 0.1) is 0 Å². The first kappa shape index (κ1) is 9.74. The summed E-state index contributed by atoms with van der Waals surface area (Å²) in [5, 5.41) is 0. The molecule has 0 N–H and O–H groups in total. The van der Waals surface area contributed by atoms with E-state index in [4.69, 9.17) is 9.47 Å². The van der Waals surface area contributed by atoms with E-state index in [9.17, 15) is 0 Å². The van der Waals surface area contributed by atoms with Crippen LogP contribution in [0.5, 0.6) is 11.5 Å². The Labute approximate surface area is 83.5 Å². The van der Waals surface area contributed by atoms with Gasteiger partial charge in [-0.2, -0.15) is 0 Å². The predicted octanol–water partition coefficient (Wildman–Crippen LogP) is 3.11. The van der Waals surface area contributed by atoms with E-state index < -0.39 is 0 Å². The lowest BCUT2D eigenvalue weighted by Crippen LogP contribution is -1.89. The third kappa shape index (κ3) is 2.08. The Morgan fingerprint density at radius 3 is 2.33 bits per heavy atom. The van der Waals surface area contributed by atoms with Gasteiger partial charge in [-0.15, -0.1) is 0 Å². The minimum absolute atomic E-state index is 0.752. The highest BCUT2D eigenvalue weighted by molar-refractivity contribution is 9.50. The molecule has 0 atom stereocenters. The normalized spacial score (nSPS) is 9.58. The number of hydrogen-bond donors (Lipinski definition) is 0. The summed E-state index contributed by atoms with van der Waals surface area (Å²) in [5.41, 5.74) is 0. The van der Waals surface area contributed by atoms with Crippen molar-refractivity contribution >= 4 is 25.0 Å². The number of hydrogen-bond acceptors (Lipinski definition) is 3. The van der Waals surface area contributed by atoms with Crippen molar-refractivity contribution in [3.05, 3.63) is 18.2 Å². The third-order valence-corrected chi connectivity index (χ3v) is 3.00. The molecule has 0 amide bonds. The van der Waals surface area contributed by atoms with E-state index in [1.165, 1.54) is 10.2 Å². The first-order valence-corrected chi connectivity index (χ1v) is 5.98. The van der Waals surface area contributed by atoms with Crippen LogP contribution in [0.4, 0.5) is 0 Å². The summed E-state index contributed by atoms with van der Waals surface area (Å²) in [4.78, 5) is 1.09. The van der Waals surface area contributed by atoms with Crippen molar-refractivity contribution in [2.45, 2.75) is 4.90 Å². The summed E-state index contributed by atoms with van der Waals surface area (Å²) in [6.07, 6.45) is 0. The average molecular weight is 249 g/mol. The lowest BCUT2D eigenvalue weighted by molar-refractivity contribution is 0.354. The van der Waals surface area contributed by atoms with Crippen LogP contribution in [0.3, 0.4) is 0 Å². The van der Waals surface area contributed by atoms with Crippen LogP contribution in [0.1, 0.15) is 0 Å². The van der Waals surface area contributed by atoms with Gasteiger partial charge in [0.15, 0.2) is 11.5 Å². The molecule has 0 saturated heterocycles. The van der Waals surface area contributed by atoms with Gasteiger partial charge in [0.25, 0.3) is 0 Å². The van der Waals surface area contributed by atoms with Crippen molar-refractivity contribution in [2.75, 3.05) is 14.2 Å². The van der Waals surface area contributed by atoms with E-state index in [0.717, 1.165) is 16.4 Å². The standard InChI is InChI=1S/C8H9BrO2S/c1-10-7-4-3-6(12-9)5-8(7)11-2/h3-5H,1-2H3. The maximum Gasteiger partial charge on any atom is 0.161 e. The highest BCUT2D eigenvalue weighted by Gasteiger charge is 2.03. The van der Waals surface area contributed by atoms with Gasteiger partial charge in [0.2, 0.25) is 0 Å². The Kier molecular flexibility index (Phi) is 3.75. The molecule has 0 aliphatic carbocycles. The van der Waals surface area contributed by atoms with Crippen LogP contribution in [-0.4, -0.2) is 14.2 Å². The van der Waals surface area contributed by atoms with Gasteiger partial charge in [-0.25, -0.2) is 0 Å². The van der Waals surface area contributed by atoms with Crippen molar-refractivity contribution in [1.82, 2.24) is 0 Å². The Morgan fingerprint density at radius 2 is 1.83 bits per heavy atom. The monoisotopic (exact) mass is 248 g/mol. The molecule has 0 heterocycles. The van der Waals surface area contributed by atoms with Crippen LogP contribution in [0.25, 0.3) is 0 Å². The second kappa shape index (κ2) is 4.62. The van der Waals surface area contributed by atoms with Crippen molar-refractivity contribution < 1.29 is 9.47 Å². The number of benzene rings is 1. The fourth-order valence-electron chi connectivity index (χ4n) is 0.865. The van der Waals surface area contributed by atoms with Gasteiger partial charge in [0, 0.05) is 4.90 Å². The summed E-state index contributed by atoms with van der Waals surface area (Å²) < 4.78 is 10.2. The molecule has 0 saturated carbocycles. The number of ether oxygens (including phenoxy) is 2. The first-order valence-electron chi connectivity index (χ1n) is 3.32. The maximum absolute atomic E-state index is 5.12. The predicted molar refractivity (Wildman–Crippen MR) is 54.3 cm³/mol. The number of rotatable bonds is 3. The van der Waals surface area contributed by atoms with Crippen molar-refractivity contribution in [1.29, 1.82) is 0 Å². The number of methoxy groups -OCH3 is 2. The molecule has 66 valence electrons. The Balaban J connectivity index is 3.02. The molecule has 0 bridgehead atoms. The molecule has 2 nitrogen and oxygen atoms in total. The lowest BCUT2D eigenvalue weighted by Gasteiger charge is -2.07. The molecule has 1 aromatic carbocycles. The fraction of sp³-hybridized carbons (Fsp3) is 0.250. The molecule has 4 heteroatoms. The van der Waals surface area contributed by atoms with E-state index in [-0.39, 0.29) is 0 Å². The van der Waals surface area contributed by atoms with Crippen LogP contribution in [-0.2, 0) is 0 Å². The summed E-state index contributed by atoms with van der Waals surface area (Å²) >= 11 is 3.29. The molecule has 0 spiro atoms. The molecule has 0 fully saturated rings. The van der Waals surface area contributed by atoms with Gasteiger partial charge in [-0.1, -0.05) is 0 Å². The SMILES string of the molecule is COc1ccc(SBr)cc1OC. The maximum atomic E-state index is 5.12. The van der Waals surface area contributed by atoms with Crippen LogP contribution < -0.4 is 9.47 Å². The zero-order valence-electron chi connectivity index (χ0n) is 6.83. The van der Waals surface area contributed by atoms with E-state index in [1.807, 2.05) is 18.2 Å². The highest BCUT2D eigenvalue weighted by Crippen LogP contribution is 2.33.